The predicted octanol–water partition coefficient (Wildman–Crippen LogP) is 2.01. The van der Waals surface area contributed by atoms with E-state index in [1.165, 1.54) is 0 Å². The average molecular weight is 320 g/mol. The van der Waals surface area contributed by atoms with Gasteiger partial charge in [0.2, 0.25) is 5.91 Å². The normalized spacial score (nSPS) is 23.7. The molecule has 3 N–H and O–H groups in total. The number of hydrogen-bond donors (Lipinski definition) is 2. The molecule has 2 unspecified atom stereocenters. The second kappa shape index (κ2) is 5.35. The van der Waals surface area contributed by atoms with Gasteiger partial charge < -0.3 is 15.8 Å². The van der Waals surface area contributed by atoms with Gasteiger partial charge >= 0.3 is 0 Å². The van der Waals surface area contributed by atoms with Crippen molar-refractivity contribution in [2.45, 2.75) is 6.04 Å². The number of nitrogens with two attached hydrogens (primary N) is 1. The van der Waals surface area contributed by atoms with Crippen LogP contribution in [0.15, 0.2) is 22.7 Å². The Kier molecular flexibility index (Phi) is 4.04. The minimum Gasteiger partial charge on any atom is -0.379 e. The Hall–Kier alpha value is -0.620. The summed E-state index contributed by atoms with van der Waals surface area (Å²) in [6, 6.07) is 5.03. The van der Waals surface area contributed by atoms with Crippen LogP contribution in [0.5, 0.6) is 0 Å². The minimum atomic E-state index is -0.310. The van der Waals surface area contributed by atoms with E-state index in [9.17, 15) is 4.79 Å². The zero-order chi connectivity index (χ0) is 12.4. The molecule has 1 aliphatic heterocycles. The van der Waals surface area contributed by atoms with Crippen molar-refractivity contribution in [3.8, 4) is 0 Å². The van der Waals surface area contributed by atoms with Crippen molar-refractivity contribution in [2.75, 3.05) is 18.5 Å². The van der Waals surface area contributed by atoms with Gasteiger partial charge in [-0.25, -0.2) is 0 Å². The molecule has 4 nitrogen and oxygen atoms in total. The van der Waals surface area contributed by atoms with Crippen LogP contribution in [0.4, 0.5) is 5.69 Å². The number of benzene rings is 1. The summed E-state index contributed by atoms with van der Waals surface area (Å²) in [4.78, 5) is 11.9. The molecule has 1 amide bonds. The highest BCUT2D eigenvalue weighted by atomic mass is 79.9. The monoisotopic (exact) mass is 318 g/mol. The van der Waals surface area contributed by atoms with Gasteiger partial charge in [-0.2, -0.15) is 0 Å². The van der Waals surface area contributed by atoms with Gasteiger partial charge in [-0.3, -0.25) is 4.79 Å². The van der Waals surface area contributed by atoms with Crippen LogP contribution in [0, 0.1) is 5.92 Å². The highest BCUT2D eigenvalue weighted by molar-refractivity contribution is 9.10. The second-order valence-corrected chi connectivity index (χ2v) is 5.24. The summed E-state index contributed by atoms with van der Waals surface area (Å²) in [5.41, 5.74) is 6.35. The summed E-state index contributed by atoms with van der Waals surface area (Å²) in [7, 11) is 0. The SMILES string of the molecule is NC1COCC1C(=O)Nc1ccc(Br)cc1Cl. The van der Waals surface area contributed by atoms with Gasteiger partial charge in [0.15, 0.2) is 0 Å². The number of ether oxygens (including phenoxy) is 1. The van der Waals surface area contributed by atoms with Crippen molar-refractivity contribution in [1.82, 2.24) is 0 Å². The quantitative estimate of drug-likeness (QED) is 0.876. The Labute approximate surface area is 113 Å². The fourth-order valence-electron chi connectivity index (χ4n) is 1.66. The van der Waals surface area contributed by atoms with Crippen LogP contribution in [0.3, 0.4) is 0 Å². The molecule has 0 aromatic heterocycles. The van der Waals surface area contributed by atoms with Gasteiger partial charge in [0.05, 0.1) is 29.8 Å². The highest BCUT2D eigenvalue weighted by Gasteiger charge is 2.31. The van der Waals surface area contributed by atoms with Crippen LogP contribution < -0.4 is 11.1 Å². The molecule has 17 heavy (non-hydrogen) atoms. The van der Waals surface area contributed by atoms with E-state index in [0.717, 1.165) is 4.47 Å². The molecule has 1 fully saturated rings. The minimum absolute atomic E-state index is 0.153. The molecule has 1 saturated heterocycles. The Bertz CT molecular complexity index is 441. The van der Waals surface area contributed by atoms with Crippen molar-refractivity contribution in [3.63, 3.8) is 0 Å². The van der Waals surface area contributed by atoms with Gasteiger partial charge in [0.25, 0.3) is 0 Å². The molecule has 1 aromatic rings. The first-order valence-electron chi connectivity index (χ1n) is 5.17. The zero-order valence-corrected chi connectivity index (χ0v) is 11.3. The smallest absolute Gasteiger partial charge is 0.231 e. The Morgan fingerprint density at radius 1 is 1.53 bits per heavy atom. The molecule has 2 atom stereocenters. The maximum Gasteiger partial charge on any atom is 0.231 e. The number of anilines is 1. The van der Waals surface area contributed by atoms with E-state index in [1.54, 1.807) is 12.1 Å². The van der Waals surface area contributed by atoms with Crippen LogP contribution >= 0.6 is 27.5 Å². The first kappa shape index (κ1) is 12.8. The molecule has 6 heteroatoms. The third kappa shape index (κ3) is 2.98. The number of nitrogens with one attached hydrogen (secondary N) is 1. The van der Waals surface area contributed by atoms with E-state index in [0.29, 0.717) is 23.9 Å². The lowest BCUT2D eigenvalue weighted by atomic mass is 10.0. The number of carbonyl (C=O) groups excluding carboxylic acids is 1. The van der Waals surface area contributed by atoms with Crippen LogP contribution in [0.25, 0.3) is 0 Å². The maximum atomic E-state index is 11.9. The molecule has 0 bridgehead atoms. The number of rotatable bonds is 2. The van der Waals surface area contributed by atoms with Gasteiger partial charge in [0.1, 0.15) is 0 Å². The van der Waals surface area contributed by atoms with Gasteiger partial charge in [-0.15, -0.1) is 0 Å². The summed E-state index contributed by atoms with van der Waals surface area (Å²) in [5.74, 6) is -0.464. The molecular formula is C11H12BrClN2O2. The highest BCUT2D eigenvalue weighted by Crippen LogP contribution is 2.26. The lowest BCUT2D eigenvalue weighted by Crippen LogP contribution is -2.37. The largest absolute Gasteiger partial charge is 0.379 e. The first-order chi connectivity index (χ1) is 8.08. The first-order valence-corrected chi connectivity index (χ1v) is 6.34. The van der Waals surface area contributed by atoms with Crippen LogP contribution in [-0.4, -0.2) is 25.2 Å². The summed E-state index contributed by atoms with van der Waals surface area (Å²) < 4.78 is 6.01. The number of amides is 1. The number of halogens is 2. The van der Waals surface area contributed by atoms with Crippen LogP contribution in [0.2, 0.25) is 5.02 Å². The summed E-state index contributed by atoms with van der Waals surface area (Å²) in [6.07, 6.45) is 0. The van der Waals surface area contributed by atoms with Gasteiger partial charge in [0, 0.05) is 10.5 Å². The van der Waals surface area contributed by atoms with Crippen LogP contribution in [0.1, 0.15) is 0 Å². The number of hydrogen-bond acceptors (Lipinski definition) is 3. The fourth-order valence-corrected chi connectivity index (χ4v) is 2.38. The topological polar surface area (TPSA) is 64.3 Å². The third-order valence-corrected chi connectivity index (χ3v) is 3.46. The van der Waals surface area contributed by atoms with Crippen molar-refractivity contribution in [1.29, 1.82) is 0 Å². The lowest BCUT2D eigenvalue weighted by molar-refractivity contribution is -0.120. The lowest BCUT2D eigenvalue weighted by Gasteiger charge is -2.14. The predicted molar refractivity (Wildman–Crippen MR) is 70.1 cm³/mol. The molecule has 0 radical (unpaired) electrons. The average Bonchev–Trinajstić information content (AvgIpc) is 2.68. The molecule has 1 aliphatic rings. The van der Waals surface area contributed by atoms with E-state index in [-0.39, 0.29) is 17.9 Å². The molecule has 0 aliphatic carbocycles. The van der Waals surface area contributed by atoms with Gasteiger partial charge in [-0.05, 0) is 18.2 Å². The van der Waals surface area contributed by atoms with E-state index < -0.39 is 0 Å². The van der Waals surface area contributed by atoms with E-state index in [2.05, 4.69) is 21.2 Å². The molecular weight excluding hydrogens is 307 g/mol. The molecule has 0 saturated carbocycles. The summed E-state index contributed by atoms with van der Waals surface area (Å²) in [6.45, 7) is 0.785. The van der Waals surface area contributed by atoms with E-state index >= 15 is 0 Å². The van der Waals surface area contributed by atoms with Crippen molar-refractivity contribution >= 4 is 39.1 Å². The molecule has 92 valence electrons. The molecule has 2 rings (SSSR count). The number of carbonyl (C=O) groups is 1. The van der Waals surface area contributed by atoms with Crippen molar-refractivity contribution in [2.24, 2.45) is 11.7 Å². The van der Waals surface area contributed by atoms with E-state index in [1.807, 2.05) is 6.07 Å². The van der Waals surface area contributed by atoms with E-state index in [4.69, 9.17) is 22.1 Å². The Morgan fingerprint density at radius 3 is 2.88 bits per heavy atom. The third-order valence-electron chi connectivity index (χ3n) is 2.65. The van der Waals surface area contributed by atoms with Gasteiger partial charge in [-0.1, -0.05) is 27.5 Å². The van der Waals surface area contributed by atoms with Crippen LogP contribution in [-0.2, 0) is 9.53 Å². The Balaban J connectivity index is 2.07. The summed E-state index contributed by atoms with van der Waals surface area (Å²) in [5, 5.41) is 3.24. The molecule has 0 spiro atoms. The summed E-state index contributed by atoms with van der Waals surface area (Å²) >= 11 is 9.31. The van der Waals surface area contributed by atoms with Crippen molar-refractivity contribution < 1.29 is 9.53 Å². The second-order valence-electron chi connectivity index (χ2n) is 3.92. The maximum absolute atomic E-state index is 11.9. The fraction of sp³-hybridized carbons (Fsp3) is 0.364. The Morgan fingerprint density at radius 2 is 2.29 bits per heavy atom. The van der Waals surface area contributed by atoms with Crippen molar-refractivity contribution in [3.05, 3.63) is 27.7 Å². The molecule has 1 heterocycles. The standard InChI is InChI=1S/C11H12BrClN2O2/c12-6-1-2-10(8(13)3-6)15-11(16)7-4-17-5-9(7)14/h1-3,7,9H,4-5,14H2,(H,15,16). The zero-order valence-electron chi connectivity index (χ0n) is 8.95. The molecule has 1 aromatic carbocycles.